The molecule has 25 heavy (non-hydrogen) atoms. The molecule has 0 saturated carbocycles. The zero-order valence-corrected chi connectivity index (χ0v) is 13.5. The largest absolute Gasteiger partial charge is 0.478 e. The Morgan fingerprint density at radius 3 is 2.72 bits per heavy atom. The maximum Gasteiger partial charge on any atom is 0.335 e. The molecule has 1 amide bonds. The van der Waals surface area contributed by atoms with Gasteiger partial charge in [-0.25, -0.2) is 14.5 Å². The number of rotatable bonds is 5. The van der Waals surface area contributed by atoms with Crippen molar-refractivity contribution >= 4 is 11.9 Å². The lowest BCUT2D eigenvalue weighted by Crippen LogP contribution is -2.23. The van der Waals surface area contributed by atoms with E-state index >= 15 is 0 Å². The van der Waals surface area contributed by atoms with Gasteiger partial charge >= 0.3 is 5.97 Å². The molecule has 0 spiro atoms. The first-order chi connectivity index (χ1) is 12.0. The van der Waals surface area contributed by atoms with Crippen LogP contribution in [0.25, 0.3) is 5.69 Å². The summed E-state index contributed by atoms with van der Waals surface area (Å²) in [7, 11) is 0. The fraction of sp³-hybridized carbons (Fsp3) is 0.111. The van der Waals surface area contributed by atoms with E-state index in [-0.39, 0.29) is 18.0 Å². The number of nitrogens with zero attached hydrogens (tertiary/aromatic N) is 3. The van der Waals surface area contributed by atoms with Gasteiger partial charge in [-0.2, -0.15) is 5.10 Å². The third-order valence-electron chi connectivity index (χ3n) is 3.76. The molecule has 0 saturated heterocycles. The highest BCUT2D eigenvalue weighted by Gasteiger charge is 2.11. The number of amides is 1. The van der Waals surface area contributed by atoms with E-state index < -0.39 is 5.97 Å². The average Bonchev–Trinajstić information content (AvgIpc) is 3.14. The number of aryl methyl sites for hydroxylation is 1. The van der Waals surface area contributed by atoms with Gasteiger partial charge in [-0.05, 0) is 48.4 Å². The minimum Gasteiger partial charge on any atom is -0.478 e. The molecule has 0 aliphatic heterocycles. The van der Waals surface area contributed by atoms with Crippen LogP contribution in [-0.2, 0) is 6.54 Å². The van der Waals surface area contributed by atoms with Crippen LogP contribution in [-0.4, -0.2) is 31.7 Å². The lowest BCUT2D eigenvalue weighted by atomic mass is 10.1. The van der Waals surface area contributed by atoms with Crippen molar-refractivity contribution in [3.8, 4) is 5.69 Å². The van der Waals surface area contributed by atoms with Crippen molar-refractivity contribution in [3.63, 3.8) is 0 Å². The Hall–Kier alpha value is -3.48. The number of carboxylic acids is 1. The van der Waals surface area contributed by atoms with Crippen LogP contribution in [0, 0.1) is 6.92 Å². The molecule has 3 aromatic rings. The van der Waals surface area contributed by atoms with Crippen molar-refractivity contribution < 1.29 is 14.7 Å². The summed E-state index contributed by atoms with van der Waals surface area (Å²) in [5.41, 5.74) is 3.11. The Balaban J connectivity index is 1.71. The molecule has 0 bridgehead atoms. The zero-order chi connectivity index (χ0) is 17.8. The number of carboxylic acid groups (broad SMARTS) is 1. The Morgan fingerprint density at radius 2 is 2.04 bits per heavy atom. The second kappa shape index (κ2) is 6.96. The minimum absolute atomic E-state index is 0.195. The number of hydrogen-bond donors (Lipinski definition) is 2. The van der Waals surface area contributed by atoms with Crippen molar-refractivity contribution in [2.75, 3.05) is 0 Å². The van der Waals surface area contributed by atoms with Gasteiger partial charge in [0.05, 0.1) is 11.3 Å². The molecule has 1 aromatic heterocycles. The Labute approximate surface area is 143 Å². The highest BCUT2D eigenvalue weighted by atomic mass is 16.4. The monoisotopic (exact) mass is 336 g/mol. The first-order valence-corrected chi connectivity index (χ1v) is 7.60. The summed E-state index contributed by atoms with van der Waals surface area (Å²) in [6.07, 6.45) is 3.03. The van der Waals surface area contributed by atoms with Crippen LogP contribution in [0.15, 0.2) is 55.1 Å². The van der Waals surface area contributed by atoms with E-state index in [0.717, 1.165) is 16.8 Å². The van der Waals surface area contributed by atoms with Crippen LogP contribution in [0.5, 0.6) is 0 Å². The zero-order valence-electron chi connectivity index (χ0n) is 13.5. The molecule has 0 unspecified atom stereocenters. The molecular weight excluding hydrogens is 320 g/mol. The molecule has 0 radical (unpaired) electrons. The second-order valence-corrected chi connectivity index (χ2v) is 5.53. The molecule has 3 rings (SSSR count). The van der Waals surface area contributed by atoms with Gasteiger partial charge in [0.2, 0.25) is 0 Å². The van der Waals surface area contributed by atoms with Gasteiger partial charge in [0.15, 0.2) is 0 Å². The molecule has 1 heterocycles. The SMILES string of the molecule is Cc1cc(-n2cncn2)ccc1C(=O)NCc1cccc(C(=O)O)c1. The predicted molar refractivity (Wildman–Crippen MR) is 90.7 cm³/mol. The number of carbonyl (C=O) groups is 2. The Bertz CT molecular complexity index is 920. The second-order valence-electron chi connectivity index (χ2n) is 5.53. The van der Waals surface area contributed by atoms with Crippen molar-refractivity contribution in [3.05, 3.63) is 77.4 Å². The minimum atomic E-state index is -0.993. The van der Waals surface area contributed by atoms with Crippen molar-refractivity contribution in [1.29, 1.82) is 0 Å². The summed E-state index contributed by atoms with van der Waals surface area (Å²) in [6, 6.07) is 11.9. The predicted octanol–water partition coefficient (Wildman–Crippen LogP) is 2.20. The summed E-state index contributed by atoms with van der Waals surface area (Å²) in [5, 5.41) is 15.9. The molecule has 0 aliphatic rings. The van der Waals surface area contributed by atoms with Crippen molar-refractivity contribution in [2.45, 2.75) is 13.5 Å². The quantitative estimate of drug-likeness (QED) is 0.744. The fourth-order valence-corrected chi connectivity index (χ4v) is 2.48. The highest BCUT2D eigenvalue weighted by molar-refractivity contribution is 5.95. The van der Waals surface area contributed by atoms with Gasteiger partial charge in [0.1, 0.15) is 12.7 Å². The number of aromatic carboxylic acids is 1. The van der Waals surface area contributed by atoms with Crippen LogP contribution < -0.4 is 5.32 Å². The number of nitrogens with one attached hydrogen (secondary N) is 1. The van der Waals surface area contributed by atoms with Crippen LogP contribution in [0.2, 0.25) is 0 Å². The number of benzene rings is 2. The molecule has 0 aliphatic carbocycles. The highest BCUT2D eigenvalue weighted by Crippen LogP contribution is 2.14. The summed E-state index contributed by atoms with van der Waals surface area (Å²) < 4.78 is 1.62. The first kappa shape index (κ1) is 16.4. The van der Waals surface area contributed by atoms with E-state index in [4.69, 9.17) is 5.11 Å². The standard InChI is InChI=1S/C18H16N4O3/c1-12-7-15(22-11-19-10-21-22)5-6-16(12)17(23)20-9-13-3-2-4-14(8-13)18(24)25/h2-8,10-11H,9H2,1H3,(H,20,23)(H,24,25). The van der Waals surface area contributed by atoms with Crippen molar-refractivity contribution in [2.24, 2.45) is 0 Å². The van der Waals surface area contributed by atoms with Crippen LogP contribution in [0.3, 0.4) is 0 Å². The molecular formula is C18H16N4O3. The topological polar surface area (TPSA) is 97.1 Å². The molecule has 126 valence electrons. The molecule has 0 atom stereocenters. The van der Waals surface area contributed by atoms with Gasteiger partial charge in [-0.15, -0.1) is 0 Å². The van der Waals surface area contributed by atoms with E-state index in [1.165, 1.54) is 12.4 Å². The summed E-state index contributed by atoms with van der Waals surface area (Å²) in [6.45, 7) is 2.10. The number of aromatic nitrogens is 3. The van der Waals surface area contributed by atoms with Gasteiger partial charge < -0.3 is 10.4 Å². The molecule has 0 fully saturated rings. The number of carbonyl (C=O) groups excluding carboxylic acids is 1. The summed E-state index contributed by atoms with van der Waals surface area (Å²) in [5.74, 6) is -1.21. The molecule has 2 aromatic carbocycles. The van der Waals surface area contributed by atoms with Crippen molar-refractivity contribution in [1.82, 2.24) is 20.1 Å². The Kier molecular flexibility index (Phi) is 4.56. The van der Waals surface area contributed by atoms with Gasteiger partial charge in [-0.1, -0.05) is 12.1 Å². The lowest BCUT2D eigenvalue weighted by Gasteiger charge is -2.10. The normalized spacial score (nSPS) is 10.4. The van der Waals surface area contributed by atoms with Crippen LogP contribution in [0.4, 0.5) is 0 Å². The van der Waals surface area contributed by atoms with Gasteiger partial charge in [-0.3, -0.25) is 4.79 Å². The average molecular weight is 336 g/mol. The summed E-state index contributed by atoms with van der Waals surface area (Å²) >= 11 is 0. The van der Waals surface area contributed by atoms with Crippen LogP contribution in [0.1, 0.15) is 31.8 Å². The van der Waals surface area contributed by atoms with Crippen LogP contribution >= 0.6 is 0 Å². The first-order valence-electron chi connectivity index (χ1n) is 7.60. The smallest absolute Gasteiger partial charge is 0.335 e. The summed E-state index contributed by atoms with van der Waals surface area (Å²) in [4.78, 5) is 27.3. The van der Waals surface area contributed by atoms with Gasteiger partial charge in [0.25, 0.3) is 5.91 Å². The maximum atomic E-state index is 12.4. The maximum absolute atomic E-state index is 12.4. The third-order valence-corrected chi connectivity index (χ3v) is 3.76. The Morgan fingerprint density at radius 1 is 1.20 bits per heavy atom. The van der Waals surface area contributed by atoms with Gasteiger partial charge in [0, 0.05) is 12.1 Å². The van der Waals surface area contributed by atoms with E-state index in [9.17, 15) is 9.59 Å². The van der Waals surface area contributed by atoms with E-state index in [1.54, 1.807) is 41.3 Å². The molecule has 7 nitrogen and oxygen atoms in total. The molecule has 2 N–H and O–H groups in total. The fourth-order valence-electron chi connectivity index (χ4n) is 2.48. The number of hydrogen-bond acceptors (Lipinski definition) is 4. The van der Waals surface area contributed by atoms with E-state index in [2.05, 4.69) is 15.4 Å². The lowest BCUT2D eigenvalue weighted by molar-refractivity contribution is 0.0696. The third kappa shape index (κ3) is 3.72. The van der Waals surface area contributed by atoms with E-state index in [0.29, 0.717) is 5.56 Å². The molecule has 7 heteroatoms. The van der Waals surface area contributed by atoms with E-state index in [1.807, 2.05) is 13.0 Å².